The SMILES string of the molecule is CSCC[C@H](N)C(=O)N[C@H](C)c1ccc(C)cc1. The number of hydrogen-bond acceptors (Lipinski definition) is 3. The van der Waals surface area contributed by atoms with Crippen LogP contribution in [0.2, 0.25) is 0 Å². The molecule has 100 valence electrons. The number of thioether (sulfide) groups is 1. The van der Waals surface area contributed by atoms with Gasteiger partial charge in [-0.05, 0) is 37.8 Å². The molecule has 0 aliphatic heterocycles. The summed E-state index contributed by atoms with van der Waals surface area (Å²) in [6, 6.07) is 7.75. The van der Waals surface area contributed by atoms with E-state index in [0.29, 0.717) is 6.42 Å². The third-order valence-corrected chi connectivity index (χ3v) is 3.55. The van der Waals surface area contributed by atoms with Crippen LogP contribution in [-0.2, 0) is 4.79 Å². The van der Waals surface area contributed by atoms with E-state index in [1.54, 1.807) is 11.8 Å². The lowest BCUT2D eigenvalue weighted by Gasteiger charge is -2.17. The summed E-state index contributed by atoms with van der Waals surface area (Å²) in [4.78, 5) is 11.9. The first-order valence-corrected chi connectivity index (χ1v) is 7.55. The summed E-state index contributed by atoms with van der Waals surface area (Å²) in [6.07, 6.45) is 2.73. The number of benzene rings is 1. The van der Waals surface area contributed by atoms with Crippen LogP contribution in [0.4, 0.5) is 0 Å². The van der Waals surface area contributed by atoms with Crippen LogP contribution in [0.1, 0.15) is 30.5 Å². The number of carbonyl (C=O) groups excluding carboxylic acids is 1. The third-order valence-electron chi connectivity index (χ3n) is 2.91. The first-order valence-electron chi connectivity index (χ1n) is 6.16. The van der Waals surface area contributed by atoms with Gasteiger partial charge in [0.25, 0.3) is 0 Å². The minimum Gasteiger partial charge on any atom is -0.348 e. The summed E-state index contributed by atoms with van der Waals surface area (Å²) in [5, 5.41) is 2.95. The van der Waals surface area contributed by atoms with E-state index in [1.165, 1.54) is 5.56 Å². The van der Waals surface area contributed by atoms with Gasteiger partial charge in [0, 0.05) is 0 Å². The zero-order chi connectivity index (χ0) is 13.5. The lowest BCUT2D eigenvalue weighted by molar-refractivity contribution is -0.123. The van der Waals surface area contributed by atoms with Crippen molar-refractivity contribution in [3.05, 3.63) is 35.4 Å². The molecular formula is C14H22N2OS. The lowest BCUT2D eigenvalue weighted by atomic mass is 10.1. The monoisotopic (exact) mass is 266 g/mol. The van der Waals surface area contributed by atoms with Crippen molar-refractivity contribution in [2.75, 3.05) is 12.0 Å². The molecular weight excluding hydrogens is 244 g/mol. The normalized spacial score (nSPS) is 14.0. The number of rotatable bonds is 6. The Bertz CT molecular complexity index is 378. The molecule has 0 spiro atoms. The summed E-state index contributed by atoms with van der Waals surface area (Å²) in [5.74, 6) is 0.838. The second-order valence-electron chi connectivity index (χ2n) is 4.53. The molecule has 1 aromatic rings. The summed E-state index contributed by atoms with van der Waals surface area (Å²) >= 11 is 1.70. The molecule has 18 heavy (non-hydrogen) atoms. The maximum atomic E-state index is 11.9. The molecule has 1 rings (SSSR count). The van der Waals surface area contributed by atoms with Gasteiger partial charge in [-0.2, -0.15) is 11.8 Å². The molecule has 0 unspecified atom stereocenters. The molecule has 2 atom stereocenters. The van der Waals surface area contributed by atoms with E-state index >= 15 is 0 Å². The topological polar surface area (TPSA) is 55.1 Å². The smallest absolute Gasteiger partial charge is 0.237 e. The minimum absolute atomic E-state index is 0.00145. The van der Waals surface area contributed by atoms with Crippen molar-refractivity contribution in [3.63, 3.8) is 0 Å². The van der Waals surface area contributed by atoms with Crippen LogP contribution in [0, 0.1) is 6.92 Å². The highest BCUT2D eigenvalue weighted by Crippen LogP contribution is 2.13. The second-order valence-corrected chi connectivity index (χ2v) is 5.51. The molecule has 3 nitrogen and oxygen atoms in total. The van der Waals surface area contributed by atoms with Crippen LogP contribution in [0.5, 0.6) is 0 Å². The molecule has 0 saturated carbocycles. The Morgan fingerprint density at radius 2 is 2.00 bits per heavy atom. The van der Waals surface area contributed by atoms with Gasteiger partial charge in [-0.25, -0.2) is 0 Å². The van der Waals surface area contributed by atoms with Crippen molar-refractivity contribution in [2.24, 2.45) is 5.73 Å². The van der Waals surface area contributed by atoms with E-state index in [-0.39, 0.29) is 11.9 Å². The third kappa shape index (κ3) is 4.70. The van der Waals surface area contributed by atoms with Crippen molar-refractivity contribution in [1.29, 1.82) is 0 Å². The van der Waals surface area contributed by atoms with E-state index in [2.05, 4.69) is 5.32 Å². The molecule has 0 aromatic heterocycles. The molecule has 0 saturated heterocycles. The van der Waals surface area contributed by atoms with Crippen molar-refractivity contribution in [2.45, 2.75) is 32.4 Å². The Balaban J connectivity index is 2.51. The van der Waals surface area contributed by atoms with Gasteiger partial charge in [-0.15, -0.1) is 0 Å². The average molecular weight is 266 g/mol. The van der Waals surface area contributed by atoms with E-state index in [4.69, 9.17) is 5.73 Å². The summed E-state index contributed by atoms with van der Waals surface area (Å²) in [7, 11) is 0. The van der Waals surface area contributed by atoms with Gasteiger partial charge in [0.05, 0.1) is 12.1 Å². The van der Waals surface area contributed by atoms with Crippen molar-refractivity contribution < 1.29 is 4.79 Å². The number of aryl methyl sites for hydroxylation is 1. The van der Waals surface area contributed by atoms with Crippen LogP contribution >= 0.6 is 11.8 Å². The number of nitrogens with two attached hydrogens (primary N) is 1. The maximum Gasteiger partial charge on any atom is 0.237 e. The molecule has 1 amide bonds. The van der Waals surface area contributed by atoms with E-state index < -0.39 is 6.04 Å². The fourth-order valence-electron chi connectivity index (χ4n) is 1.63. The van der Waals surface area contributed by atoms with Crippen molar-refractivity contribution in [1.82, 2.24) is 5.32 Å². The number of carbonyl (C=O) groups is 1. The predicted molar refractivity (Wildman–Crippen MR) is 78.7 cm³/mol. The highest BCUT2D eigenvalue weighted by Gasteiger charge is 2.15. The minimum atomic E-state index is -0.412. The molecule has 0 fully saturated rings. The van der Waals surface area contributed by atoms with Crippen LogP contribution < -0.4 is 11.1 Å². The van der Waals surface area contributed by atoms with Crippen molar-refractivity contribution in [3.8, 4) is 0 Å². The molecule has 0 radical (unpaired) electrons. The van der Waals surface area contributed by atoms with Gasteiger partial charge in [0.2, 0.25) is 5.91 Å². The number of hydrogen-bond donors (Lipinski definition) is 2. The fourth-order valence-corrected chi connectivity index (χ4v) is 2.12. The van der Waals surface area contributed by atoms with Crippen LogP contribution in [-0.4, -0.2) is 24.0 Å². The first kappa shape index (κ1) is 15.1. The first-order chi connectivity index (χ1) is 8.54. The van der Waals surface area contributed by atoms with Crippen LogP contribution in [0.25, 0.3) is 0 Å². The van der Waals surface area contributed by atoms with Gasteiger partial charge in [-0.1, -0.05) is 29.8 Å². The Hall–Kier alpha value is -1.00. The van der Waals surface area contributed by atoms with E-state index in [9.17, 15) is 4.79 Å². The molecule has 0 aliphatic rings. The number of nitrogens with one attached hydrogen (secondary N) is 1. The van der Waals surface area contributed by atoms with Gasteiger partial charge in [0.15, 0.2) is 0 Å². The van der Waals surface area contributed by atoms with Gasteiger partial charge in [-0.3, -0.25) is 4.79 Å². The highest BCUT2D eigenvalue weighted by molar-refractivity contribution is 7.98. The zero-order valence-corrected chi connectivity index (χ0v) is 12.1. The van der Waals surface area contributed by atoms with Crippen LogP contribution in [0.3, 0.4) is 0 Å². The molecule has 0 heterocycles. The highest BCUT2D eigenvalue weighted by atomic mass is 32.2. The average Bonchev–Trinajstić information content (AvgIpc) is 2.36. The van der Waals surface area contributed by atoms with E-state index in [0.717, 1.165) is 11.3 Å². The number of amides is 1. The van der Waals surface area contributed by atoms with Gasteiger partial charge >= 0.3 is 0 Å². The van der Waals surface area contributed by atoms with Crippen LogP contribution in [0.15, 0.2) is 24.3 Å². The Morgan fingerprint density at radius 1 is 1.39 bits per heavy atom. The molecule has 0 bridgehead atoms. The lowest BCUT2D eigenvalue weighted by Crippen LogP contribution is -2.41. The summed E-state index contributed by atoms with van der Waals surface area (Å²) in [5.41, 5.74) is 8.15. The molecule has 0 aliphatic carbocycles. The fraction of sp³-hybridized carbons (Fsp3) is 0.500. The quantitative estimate of drug-likeness (QED) is 0.830. The van der Waals surface area contributed by atoms with E-state index in [1.807, 2.05) is 44.4 Å². The maximum absolute atomic E-state index is 11.9. The summed E-state index contributed by atoms with van der Waals surface area (Å²) < 4.78 is 0. The van der Waals surface area contributed by atoms with Gasteiger partial charge < -0.3 is 11.1 Å². The van der Waals surface area contributed by atoms with Gasteiger partial charge in [0.1, 0.15) is 0 Å². The predicted octanol–water partition coefficient (Wildman–Crippen LogP) is 2.25. The standard InChI is InChI=1S/C14H22N2OS/c1-10-4-6-12(7-5-10)11(2)16-14(17)13(15)8-9-18-3/h4-7,11,13H,8-9,15H2,1-3H3,(H,16,17)/t11-,13+/m1/s1. The molecule has 4 heteroatoms. The van der Waals surface area contributed by atoms with Crippen molar-refractivity contribution >= 4 is 17.7 Å². The molecule has 1 aromatic carbocycles. The Kier molecular flexibility index (Phi) is 6.22. The second kappa shape index (κ2) is 7.44. The largest absolute Gasteiger partial charge is 0.348 e. The molecule has 3 N–H and O–H groups in total. The zero-order valence-electron chi connectivity index (χ0n) is 11.3. The Morgan fingerprint density at radius 3 is 2.56 bits per heavy atom. The Labute approximate surface area is 114 Å². The summed E-state index contributed by atoms with van der Waals surface area (Å²) in [6.45, 7) is 4.02.